The number of nitrogens with one attached hydrogen (secondary N) is 2. The molecule has 0 spiro atoms. The summed E-state index contributed by atoms with van der Waals surface area (Å²) in [6.45, 7) is 4.46. The maximum atomic E-state index is 4.49. The molecule has 2 N–H and O–H groups in total. The lowest BCUT2D eigenvalue weighted by Gasteiger charge is -2.14. The fraction of sp³-hybridized carbons (Fsp3) is 0.450. The Labute approximate surface area is 153 Å². The maximum Gasteiger partial charge on any atom is 0.148 e. The summed E-state index contributed by atoms with van der Waals surface area (Å²) in [5.41, 5.74) is 4.24. The van der Waals surface area contributed by atoms with Crippen LogP contribution < -0.4 is 10.6 Å². The highest BCUT2D eigenvalue weighted by Crippen LogP contribution is 2.35. The molecule has 2 atom stereocenters. The zero-order valence-electron chi connectivity index (χ0n) is 15.2. The summed E-state index contributed by atoms with van der Waals surface area (Å²) in [4.78, 5) is 0. The van der Waals surface area contributed by atoms with E-state index in [1.807, 2.05) is 11.7 Å². The van der Waals surface area contributed by atoms with E-state index in [0.717, 1.165) is 34.4 Å². The van der Waals surface area contributed by atoms with Crippen LogP contribution in [0.1, 0.15) is 18.4 Å². The third-order valence-corrected chi connectivity index (χ3v) is 6.02. The third kappa shape index (κ3) is 2.65. The standard InChI is InChI=1S/C20H24N6/c1-12-16(3-4-19-17(12)11-26(2)25-19)18-5-6-20(24-23-18)22-15-7-13-9-21-10-14(13)8-15/h3-6,11,13-15,21H,7-10H2,1-2H3,(H,22,24). The minimum absolute atomic E-state index is 0.528. The highest BCUT2D eigenvalue weighted by atomic mass is 15.2. The molecule has 2 fully saturated rings. The van der Waals surface area contributed by atoms with Crippen molar-refractivity contribution < 1.29 is 0 Å². The van der Waals surface area contributed by atoms with E-state index in [9.17, 15) is 0 Å². The van der Waals surface area contributed by atoms with Gasteiger partial charge in [0.15, 0.2) is 0 Å². The van der Waals surface area contributed by atoms with Gasteiger partial charge in [0.2, 0.25) is 0 Å². The number of aryl methyl sites for hydroxylation is 2. The van der Waals surface area contributed by atoms with Crippen LogP contribution in [0.15, 0.2) is 30.5 Å². The fourth-order valence-electron chi connectivity index (χ4n) is 4.67. The topological polar surface area (TPSA) is 67.7 Å². The van der Waals surface area contributed by atoms with E-state index in [-0.39, 0.29) is 0 Å². The molecule has 2 unspecified atom stereocenters. The zero-order valence-corrected chi connectivity index (χ0v) is 15.2. The molecule has 5 rings (SSSR count). The average Bonchev–Trinajstić information content (AvgIpc) is 3.30. The smallest absolute Gasteiger partial charge is 0.148 e. The minimum atomic E-state index is 0.528. The van der Waals surface area contributed by atoms with Crippen LogP contribution in [-0.2, 0) is 7.05 Å². The van der Waals surface area contributed by atoms with E-state index in [4.69, 9.17) is 0 Å². The van der Waals surface area contributed by atoms with Gasteiger partial charge in [0, 0.05) is 30.2 Å². The monoisotopic (exact) mass is 348 g/mol. The SMILES string of the molecule is Cc1c(-c2ccc(NC3CC4CNCC4C3)nn2)ccc2nn(C)cc12. The lowest BCUT2D eigenvalue weighted by molar-refractivity contribution is 0.494. The van der Waals surface area contributed by atoms with Gasteiger partial charge in [0.1, 0.15) is 5.82 Å². The van der Waals surface area contributed by atoms with Gasteiger partial charge in [-0.25, -0.2) is 0 Å². The summed E-state index contributed by atoms with van der Waals surface area (Å²) in [6.07, 6.45) is 4.53. The lowest BCUT2D eigenvalue weighted by Crippen LogP contribution is -2.21. The van der Waals surface area contributed by atoms with Crippen LogP contribution in [-0.4, -0.2) is 39.1 Å². The van der Waals surface area contributed by atoms with E-state index < -0.39 is 0 Å². The summed E-state index contributed by atoms with van der Waals surface area (Å²) in [5.74, 6) is 2.54. The van der Waals surface area contributed by atoms with E-state index in [2.05, 4.69) is 63.3 Å². The average molecular weight is 348 g/mol. The Morgan fingerprint density at radius 2 is 1.88 bits per heavy atom. The van der Waals surface area contributed by atoms with E-state index in [1.54, 1.807) is 0 Å². The summed E-state index contributed by atoms with van der Waals surface area (Å²) >= 11 is 0. The van der Waals surface area contributed by atoms with Crippen molar-refractivity contribution in [2.45, 2.75) is 25.8 Å². The first-order valence-corrected chi connectivity index (χ1v) is 9.41. The second-order valence-electron chi connectivity index (χ2n) is 7.77. The summed E-state index contributed by atoms with van der Waals surface area (Å²) < 4.78 is 1.85. The minimum Gasteiger partial charge on any atom is -0.366 e. The second-order valence-corrected chi connectivity index (χ2v) is 7.77. The molecule has 134 valence electrons. The predicted molar refractivity (Wildman–Crippen MR) is 103 cm³/mol. The van der Waals surface area contributed by atoms with Gasteiger partial charge >= 0.3 is 0 Å². The van der Waals surface area contributed by atoms with Crippen LogP contribution in [0.2, 0.25) is 0 Å². The number of aromatic nitrogens is 4. The van der Waals surface area contributed by atoms with Crippen molar-refractivity contribution in [2.24, 2.45) is 18.9 Å². The number of benzene rings is 1. The number of hydrogen-bond acceptors (Lipinski definition) is 5. The molecule has 1 saturated heterocycles. The van der Waals surface area contributed by atoms with Crippen LogP contribution in [0.3, 0.4) is 0 Å². The quantitative estimate of drug-likeness (QED) is 0.762. The largest absolute Gasteiger partial charge is 0.366 e. The molecule has 1 aromatic carbocycles. The molecular formula is C20H24N6. The molecule has 6 nitrogen and oxygen atoms in total. The van der Waals surface area contributed by atoms with Crippen molar-refractivity contribution in [3.63, 3.8) is 0 Å². The van der Waals surface area contributed by atoms with Crippen molar-refractivity contribution in [3.8, 4) is 11.3 Å². The molecular weight excluding hydrogens is 324 g/mol. The molecule has 1 aliphatic carbocycles. The van der Waals surface area contributed by atoms with Crippen molar-refractivity contribution in [2.75, 3.05) is 18.4 Å². The molecule has 0 radical (unpaired) electrons. The number of anilines is 1. The molecule has 2 aromatic heterocycles. The van der Waals surface area contributed by atoms with Crippen LogP contribution in [0.25, 0.3) is 22.2 Å². The van der Waals surface area contributed by atoms with E-state index in [1.165, 1.54) is 36.9 Å². The molecule has 0 bridgehead atoms. The molecule has 1 saturated carbocycles. The van der Waals surface area contributed by atoms with Gasteiger partial charge in [-0.1, -0.05) is 6.07 Å². The van der Waals surface area contributed by atoms with Gasteiger partial charge in [0.25, 0.3) is 0 Å². The first-order valence-electron chi connectivity index (χ1n) is 9.41. The lowest BCUT2D eigenvalue weighted by atomic mass is 10.0. The summed E-state index contributed by atoms with van der Waals surface area (Å²) in [5, 5.41) is 21.6. The Bertz CT molecular complexity index is 933. The molecule has 26 heavy (non-hydrogen) atoms. The molecule has 1 aliphatic heterocycles. The van der Waals surface area contributed by atoms with Crippen LogP contribution in [0, 0.1) is 18.8 Å². The van der Waals surface area contributed by atoms with Gasteiger partial charge in [-0.15, -0.1) is 10.2 Å². The number of rotatable bonds is 3. The normalized spacial score (nSPS) is 24.9. The van der Waals surface area contributed by atoms with Gasteiger partial charge in [-0.2, -0.15) is 5.10 Å². The predicted octanol–water partition coefficient (Wildman–Crippen LogP) is 2.75. The molecule has 3 heterocycles. The molecule has 2 aliphatic rings. The van der Waals surface area contributed by atoms with Crippen molar-refractivity contribution in [1.29, 1.82) is 0 Å². The van der Waals surface area contributed by atoms with Crippen LogP contribution in [0.5, 0.6) is 0 Å². The molecule has 6 heteroatoms. The molecule has 3 aromatic rings. The maximum absolute atomic E-state index is 4.49. The van der Waals surface area contributed by atoms with Crippen molar-refractivity contribution >= 4 is 16.7 Å². The third-order valence-electron chi connectivity index (χ3n) is 6.02. The van der Waals surface area contributed by atoms with Gasteiger partial charge < -0.3 is 10.6 Å². The van der Waals surface area contributed by atoms with Crippen LogP contribution >= 0.6 is 0 Å². The van der Waals surface area contributed by atoms with Gasteiger partial charge in [0.05, 0.1) is 11.2 Å². The highest BCUT2D eigenvalue weighted by molar-refractivity contribution is 5.88. The van der Waals surface area contributed by atoms with Crippen molar-refractivity contribution in [1.82, 2.24) is 25.3 Å². The Morgan fingerprint density at radius 1 is 1.08 bits per heavy atom. The fourth-order valence-corrected chi connectivity index (χ4v) is 4.67. The second kappa shape index (κ2) is 6.06. The van der Waals surface area contributed by atoms with Gasteiger partial charge in [-0.05, 0) is 68.5 Å². The Kier molecular flexibility index (Phi) is 3.67. The Morgan fingerprint density at radius 3 is 2.62 bits per heavy atom. The number of hydrogen-bond donors (Lipinski definition) is 2. The van der Waals surface area contributed by atoms with Crippen molar-refractivity contribution in [3.05, 3.63) is 36.0 Å². The van der Waals surface area contributed by atoms with E-state index >= 15 is 0 Å². The highest BCUT2D eigenvalue weighted by Gasteiger charge is 2.37. The number of nitrogens with zero attached hydrogens (tertiary/aromatic N) is 4. The van der Waals surface area contributed by atoms with Gasteiger partial charge in [-0.3, -0.25) is 4.68 Å². The first-order chi connectivity index (χ1) is 12.7. The summed E-state index contributed by atoms with van der Waals surface area (Å²) in [7, 11) is 1.95. The zero-order chi connectivity index (χ0) is 17.7. The first kappa shape index (κ1) is 15.8. The van der Waals surface area contributed by atoms with E-state index in [0.29, 0.717) is 6.04 Å². The number of fused-ring (bicyclic) bond motifs is 2. The Hall–Kier alpha value is -2.47. The Balaban J connectivity index is 1.36. The molecule has 0 amide bonds. The van der Waals surface area contributed by atoms with Crippen LogP contribution in [0.4, 0.5) is 5.82 Å². The summed E-state index contributed by atoms with van der Waals surface area (Å²) in [6, 6.07) is 8.79.